The molecule has 0 bridgehead atoms. The molecule has 0 aromatic carbocycles. The van der Waals surface area contributed by atoms with E-state index in [0.29, 0.717) is 30.7 Å². The molecule has 3 heterocycles. The van der Waals surface area contributed by atoms with Crippen LogP contribution >= 0.6 is 11.3 Å². The fraction of sp³-hybridized carbons (Fsp3) is 0.611. The SMILES string of the molecule is CC(C)CN1CCOC(COC(=O)CCc2nnc(-c3ccsc3)o2)C1. The van der Waals surface area contributed by atoms with E-state index in [1.54, 1.807) is 11.3 Å². The van der Waals surface area contributed by atoms with E-state index in [0.717, 1.165) is 25.2 Å². The first-order chi connectivity index (χ1) is 12.6. The van der Waals surface area contributed by atoms with E-state index in [1.807, 2.05) is 16.8 Å². The lowest BCUT2D eigenvalue weighted by molar-refractivity contribution is -0.150. The predicted octanol–water partition coefficient (Wildman–Crippen LogP) is 2.63. The Morgan fingerprint density at radius 1 is 1.46 bits per heavy atom. The lowest BCUT2D eigenvalue weighted by Crippen LogP contribution is -2.45. The smallest absolute Gasteiger partial charge is 0.306 e. The summed E-state index contributed by atoms with van der Waals surface area (Å²) in [5.41, 5.74) is 0.900. The second-order valence-corrected chi connectivity index (χ2v) is 7.62. The molecule has 26 heavy (non-hydrogen) atoms. The summed E-state index contributed by atoms with van der Waals surface area (Å²) in [6.45, 7) is 8.15. The van der Waals surface area contributed by atoms with Gasteiger partial charge in [0.05, 0.1) is 13.0 Å². The van der Waals surface area contributed by atoms with Gasteiger partial charge in [-0.1, -0.05) is 13.8 Å². The molecular weight excluding hydrogens is 354 g/mol. The van der Waals surface area contributed by atoms with E-state index in [1.165, 1.54) is 0 Å². The van der Waals surface area contributed by atoms with Crippen LogP contribution in [0, 0.1) is 5.92 Å². The van der Waals surface area contributed by atoms with E-state index in [4.69, 9.17) is 13.9 Å². The lowest BCUT2D eigenvalue weighted by atomic mass is 10.2. The number of thiophene rings is 1. The Kier molecular flexibility index (Phi) is 6.76. The molecule has 1 saturated heterocycles. The van der Waals surface area contributed by atoms with Gasteiger partial charge >= 0.3 is 5.97 Å². The van der Waals surface area contributed by atoms with Crippen LogP contribution in [-0.2, 0) is 20.7 Å². The number of carbonyl (C=O) groups is 1. The summed E-state index contributed by atoms with van der Waals surface area (Å²) in [6, 6.07) is 1.92. The van der Waals surface area contributed by atoms with Crippen molar-refractivity contribution in [1.29, 1.82) is 0 Å². The molecule has 1 atom stereocenters. The molecule has 7 nitrogen and oxygen atoms in total. The molecule has 1 fully saturated rings. The maximum absolute atomic E-state index is 12.0. The van der Waals surface area contributed by atoms with Gasteiger partial charge in [0.2, 0.25) is 11.8 Å². The first-order valence-corrected chi connectivity index (χ1v) is 9.89. The molecule has 0 aliphatic carbocycles. The van der Waals surface area contributed by atoms with Crippen molar-refractivity contribution in [3.05, 3.63) is 22.7 Å². The number of esters is 1. The number of aryl methyl sites for hydroxylation is 1. The van der Waals surface area contributed by atoms with Gasteiger partial charge in [-0.05, 0) is 17.4 Å². The molecule has 3 rings (SSSR count). The summed E-state index contributed by atoms with van der Waals surface area (Å²) in [7, 11) is 0. The molecule has 2 aromatic rings. The minimum absolute atomic E-state index is 0.0555. The number of ether oxygens (including phenoxy) is 2. The number of aromatic nitrogens is 2. The van der Waals surface area contributed by atoms with Crippen molar-refractivity contribution in [1.82, 2.24) is 15.1 Å². The minimum atomic E-state index is -0.273. The average molecular weight is 379 g/mol. The zero-order valence-electron chi connectivity index (χ0n) is 15.2. The fourth-order valence-corrected chi connectivity index (χ4v) is 3.52. The standard InChI is InChI=1S/C18H25N3O4S/c1-13(2)9-21-6-7-23-15(10-21)11-24-17(22)4-3-16-19-20-18(25-16)14-5-8-26-12-14/h5,8,12-13,15H,3-4,6-7,9-11H2,1-2H3. The third-order valence-corrected chi connectivity index (χ3v) is 4.74. The monoisotopic (exact) mass is 379 g/mol. The molecule has 1 aliphatic rings. The Balaban J connectivity index is 1.38. The minimum Gasteiger partial charge on any atom is -0.463 e. The highest BCUT2D eigenvalue weighted by Gasteiger charge is 2.22. The van der Waals surface area contributed by atoms with Crippen molar-refractivity contribution in [3.8, 4) is 11.5 Å². The van der Waals surface area contributed by atoms with Crippen LogP contribution in [0.1, 0.15) is 26.2 Å². The summed E-state index contributed by atoms with van der Waals surface area (Å²) >= 11 is 1.57. The Bertz CT molecular complexity index is 686. The van der Waals surface area contributed by atoms with E-state index in [2.05, 4.69) is 28.9 Å². The Hall–Kier alpha value is -1.77. The average Bonchev–Trinajstić information content (AvgIpc) is 3.29. The Morgan fingerprint density at radius 3 is 3.12 bits per heavy atom. The second kappa shape index (κ2) is 9.25. The van der Waals surface area contributed by atoms with Gasteiger partial charge in [0, 0.05) is 37.0 Å². The largest absolute Gasteiger partial charge is 0.463 e. The van der Waals surface area contributed by atoms with Crippen molar-refractivity contribution in [2.45, 2.75) is 32.8 Å². The molecule has 0 radical (unpaired) electrons. The first kappa shape index (κ1) is 19.0. The van der Waals surface area contributed by atoms with Gasteiger partial charge in [0.1, 0.15) is 12.7 Å². The van der Waals surface area contributed by atoms with Crippen LogP contribution in [-0.4, -0.2) is 60.0 Å². The number of morpholine rings is 1. The van der Waals surface area contributed by atoms with E-state index in [9.17, 15) is 4.79 Å². The highest BCUT2D eigenvalue weighted by atomic mass is 32.1. The Morgan fingerprint density at radius 2 is 2.35 bits per heavy atom. The molecule has 142 valence electrons. The van der Waals surface area contributed by atoms with Crippen LogP contribution < -0.4 is 0 Å². The maximum Gasteiger partial charge on any atom is 0.306 e. The van der Waals surface area contributed by atoms with Gasteiger partial charge in [-0.3, -0.25) is 9.69 Å². The molecule has 0 spiro atoms. The molecule has 0 saturated carbocycles. The molecule has 0 N–H and O–H groups in total. The molecule has 8 heteroatoms. The first-order valence-electron chi connectivity index (χ1n) is 8.94. The van der Waals surface area contributed by atoms with Gasteiger partial charge in [-0.25, -0.2) is 0 Å². The quantitative estimate of drug-likeness (QED) is 0.653. The highest BCUT2D eigenvalue weighted by Crippen LogP contribution is 2.20. The van der Waals surface area contributed by atoms with E-state index < -0.39 is 0 Å². The van der Waals surface area contributed by atoms with E-state index >= 15 is 0 Å². The van der Waals surface area contributed by atoms with Crippen LogP contribution in [0.5, 0.6) is 0 Å². The number of hydrogen-bond acceptors (Lipinski definition) is 8. The summed E-state index contributed by atoms with van der Waals surface area (Å²) in [6.07, 6.45) is 0.536. The van der Waals surface area contributed by atoms with Crippen LogP contribution in [0.15, 0.2) is 21.2 Å². The summed E-state index contributed by atoms with van der Waals surface area (Å²) < 4.78 is 16.6. The van der Waals surface area contributed by atoms with Crippen molar-refractivity contribution in [2.24, 2.45) is 5.92 Å². The molecular formula is C18H25N3O4S. The van der Waals surface area contributed by atoms with Crippen LogP contribution in [0.4, 0.5) is 0 Å². The van der Waals surface area contributed by atoms with Gasteiger partial charge in [-0.2, -0.15) is 11.3 Å². The second-order valence-electron chi connectivity index (χ2n) is 6.84. The zero-order chi connectivity index (χ0) is 18.4. The van der Waals surface area contributed by atoms with Crippen molar-refractivity contribution < 1.29 is 18.7 Å². The van der Waals surface area contributed by atoms with Crippen LogP contribution in [0.25, 0.3) is 11.5 Å². The van der Waals surface area contributed by atoms with Crippen molar-refractivity contribution >= 4 is 17.3 Å². The van der Waals surface area contributed by atoms with Gasteiger partial charge in [-0.15, -0.1) is 10.2 Å². The topological polar surface area (TPSA) is 77.7 Å². The maximum atomic E-state index is 12.0. The van der Waals surface area contributed by atoms with E-state index in [-0.39, 0.29) is 25.1 Å². The predicted molar refractivity (Wildman–Crippen MR) is 97.9 cm³/mol. The number of hydrogen-bond donors (Lipinski definition) is 0. The van der Waals surface area contributed by atoms with Crippen molar-refractivity contribution in [3.63, 3.8) is 0 Å². The third-order valence-electron chi connectivity index (χ3n) is 4.05. The zero-order valence-corrected chi connectivity index (χ0v) is 16.0. The molecule has 0 amide bonds. The van der Waals surface area contributed by atoms with Gasteiger partial charge < -0.3 is 13.9 Å². The Labute approximate surface area is 157 Å². The van der Waals surface area contributed by atoms with Gasteiger partial charge in [0.15, 0.2) is 0 Å². The lowest BCUT2D eigenvalue weighted by Gasteiger charge is -2.33. The molecule has 1 unspecified atom stereocenters. The fourth-order valence-electron chi connectivity index (χ4n) is 2.89. The molecule has 1 aliphatic heterocycles. The summed E-state index contributed by atoms with van der Waals surface area (Å²) in [5.74, 6) is 1.27. The summed E-state index contributed by atoms with van der Waals surface area (Å²) in [5, 5.41) is 11.9. The number of rotatable bonds is 8. The van der Waals surface area contributed by atoms with Crippen LogP contribution in [0.2, 0.25) is 0 Å². The number of carbonyl (C=O) groups excluding carboxylic acids is 1. The molecule has 2 aromatic heterocycles. The number of nitrogens with zero attached hydrogens (tertiary/aromatic N) is 3. The van der Waals surface area contributed by atoms with Crippen molar-refractivity contribution in [2.75, 3.05) is 32.8 Å². The normalized spacial score (nSPS) is 18.3. The van der Waals surface area contributed by atoms with Crippen LogP contribution in [0.3, 0.4) is 0 Å². The van der Waals surface area contributed by atoms with Gasteiger partial charge in [0.25, 0.3) is 0 Å². The third kappa shape index (κ3) is 5.62. The highest BCUT2D eigenvalue weighted by molar-refractivity contribution is 7.08. The summed E-state index contributed by atoms with van der Waals surface area (Å²) in [4.78, 5) is 14.3.